The highest BCUT2D eigenvalue weighted by Gasteiger charge is 2.37. The lowest BCUT2D eigenvalue weighted by Crippen LogP contribution is -2.41. The van der Waals surface area contributed by atoms with Gasteiger partial charge in [-0.2, -0.15) is 0 Å². The quantitative estimate of drug-likeness (QED) is 0.382. The van der Waals surface area contributed by atoms with E-state index in [-0.39, 0.29) is 30.2 Å². The molecule has 0 fully saturated rings. The van der Waals surface area contributed by atoms with Crippen molar-refractivity contribution in [2.75, 3.05) is 20.0 Å². The van der Waals surface area contributed by atoms with Gasteiger partial charge in [0.2, 0.25) is 5.95 Å². The summed E-state index contributed by atoms with van der Waals surface area (Å²) in [6.07, 6.45) is 1.80. The molecule has 0 aliphatic carbocycles. The van der Waals surface area contributed by atoms with Crippen molar-refractivity contribution in [3.05, 3.63) is 87.6 Å². The van der Waals surface area contributed by atoms with Crippen LogP contribution in [0.5, 0.6) is 11.8 Å². The first-order valence-electron chi connectivity index (χ1n) is 11.7. The van der Waals surface area contributed by atoms with Crippen LogP contribution in [0.3, 0.4) is 0 Å². The second kappa shape index (κ2) is 10.2. The number of carbonyl (C=O) groups excluding carboxylic acids is 1. The fraction of sp³-hybridized carbons (Fsp3) is 0.222. The molecule has 2 aromatic heterocycles. The number of aryl methyl sites for hydroxylation is 1. The Morgan fingerprint density at radius 1 is 1.11 bits per heavy atom. The van der Waals surface area contributed by atoms with Crippen LogP contribution in [0.4, 0.5) is 10.3 Å². The van der Waals surface area contributed by atoms with E-state index < -0.39 is 11.9 Å². The molecule has 1 atom stereocenters. The standard InChI is InChI=1S/C27H24ClFN6O3/c1-14-23-20(34-27(30)32-14)11-22(35(26(23)36)13-15-5-4-6-16(28)9-15)18-8-7-17(29)10-19(18)21-12-31-24(37-2)25(33-21)38-3/h4-10,12,22H,11,13H2,1-3H3,(H2,30,32,34). The molecule has 38 heavy (non-hydrogen) atoms. The third kappa shape index (κ3) is 4.70. The van der Waals surface area contributed by atoms with Gasteiger partial charge < -0.3 is 20.1 Å². The van der Waals surface area contributed by atoms with E-state index in [4.69, 9.17) is 26.8 Å². The molecule has 5 rings (SSSR count). The minimum atomic E-state index is -0.534. The van der Waals surface area contributed by atoms with E-state index in [9.17, 15) is 9.18 Å². The van der Waals surface area contributed by atoms with Gasteiger partial charge in [-0.25, -0.2) is 24.3 Å². The number of ether oxygens (including phenoxy) is 2. The molecule has 1 aliphatic rings. The maximum absolute atomic E-state index is 14.6. The monoisotopic (exact) mass is 534 g/mol. The fourth-order valence-electron chi connectivity index (χ4n) is 4.76. The van der Waals surface area contributed by atoms with Crippen LogP contribution in [0.2, 0.25) is 5.02 Å². The van der Waals surface area contributed by atoms with Gasteiger partial charge in [-0.3, -0.25) is 4.79 Å². The SMILES string of the molecule is COc1ncc(-c2cc(F)ccc2C2Cc3nc(N)nc(C)c3C(=O)N2Cc2cccc(Cl)c2)nc1OC. The van der Waals surface area contributed by atoms with Gasteiger partial charge >= 0.3 is 0 Å². The zero-order valence-corrected chi connectivity index (χ0v) is 21.7. The van der Waals surface area contributed by atoms with Gasteiger partial charge in [-0.05, 0) is 42.3 Å². The molecular weight excluding hydrogens is 511 g/mol. The molecule has 9 nitrogen and oxygen atoms in total. The van der Waals surface area contributed by atoms with E-state index in [1.807, 2.05) is 12.1 Å². The number of rotatable bonds is 6. The molecule has 0 spiro atoms. The van der Waals surface area contributed by atoms with Crippen molar-refractivity contribution in [3.8, 4) is 23.0 Å². The van der Waals surface area contributed by atoms with Crippen molar-refractivity contribution in [2.24, 2.45) is 0 Å². The summed E-state index contributed by atoms with van der Waals surface area (Å²) in [6.45, 7) is 1.98. The Morgan fingerprint density at radius 3 is 2.63 bits per heavy atom. The van der Waals surface area contributed by atoms with Crippen LogP contribution in [-0.2, 0) is 13.0 Å². The van der Waals surface area contributed by atoms with E-state index in [0.29, 0.717) is 45.2 Å². The van der Waals surface area contributed by atoms with Crippen LogP contribution in [0, 0.1) is 12.7 Å². The maximum atomic E-state index is 14.6. The average Bonchev–Trinajstić information content (AvgIpc) is 2.89. The Hall–Kier alpha value is -4.31. The van der Waals surface area contributed by atoms with E-state index in [0.717, 1.165) is 5.56 Å². The second-order valence-electron chi connectivity index (χ2n) is 8.78. The van der Waals surface area contributed by atoms with Crippen LogP contribution in [0.25, 0.3) is 11.3 Å². The molecular formula is C27H24ClFN6O3. The van der Waals surface area contributed by atoms with Gasteiger partial charge in [0, 0.05) is 23.6 Å². The summed E-state index contributed by atoms with van der Waals surface area (Å²) in [7, 11) is 2.90. The van der Waals surface area contributed by atoms with Gasteiger partial charge in [0.1, 0.15) is 5.82 Å². The van der Waals surface area contributed by atoms with Crippen molar-refractivity contribution in [1.29, 1.82) is 0 Å². The first-order chi connectivity index (χ1) is 18.3. The van der Waals surface area contributed by atoms with Crippen LogP contribution >= 0.6 is 11.6 Å². The Bertz CT molecular complexity index is 1550. The van der Waals surface area contributed by atoms with Crippen LogP contribution < -0.4 is 15.2 Å². The Balaban J connectivity index is 1.68. The largest absolute Gasteiger partial charge is 0.477 e. The number of nitrogens with zero attached hydrogens (tertiary/aromatic N) is 5. The lowest BCUT2D eigenvalue weighted by molar-refractivity contribution is 0.0625. The first kappa shape index (κ1) is 25.3. The Labute approximate surface area is 223 Å². The highest BCUT2D eigenvalue weighted by atomic mass is 35.5. The lowest BCUT2D eigenvalue weighted by Gasteiger charge is -2.38. The summed E-state index contributed by atoms with van der Waals surface area (Å²) >= 11 is 6.24. The second-order valence-corrected chi connectivity index (χ2v) is 9.21. The van der Waals surface area contributed by atoms with Gasteiger partial charge in [-0.15, -0.1) is 0 Å². The smallest absolute Gasteiger partial charge is 0.278 e. The summed E-state index contributed by atoms with van der Waals surface area (Å²) in [5, 5.41) is 0.555. The zero-order valence-electron chi connectivity index (χ0n) is 20.9. The van der Waals surface area contributed by atoms with E-state index >= 15 is 0 Å². The number of hydrogen-bond acceptors (Lipinski definition) is 8. The lowest BCUT2D eigenvalue weighted by atomic mass is 9.88. The van der Waals surface area contributed by atoms with Crippen molar-refractivity contribution in [2.45, 2.75) is 25.9 Å². The highest BCUT2D eigenvalue weighted by molar-refractivity contribution is 6.30. The number of hydrogen-bond donors (Lipinski definition) is 1. The topological polar surface area (TPSA) is 116 Å². The molecule has 1 unspecified atom stereocenters. The van der Waals surface area contributed by atoms with E-state index in [1.54, 1.807) is 30.0 Å². The van der Waals surface area contributed by atoms with Gasteiger partial charge in [0.25, 0.3) is 17.7 Å². The number of halogens is 2. The van der Waals surface area contributed by atoms with Gasteiger partial charge in [0.15, 0.2) is 0 Å². The molecule has 2 N–H and O–H groups in total. The number of methoxy groups -OCH3 is 2. The molecule has 0 saturated heterocycles. The molecule has 0 bridgehead atoms. The number of nitrogens with two attached hydrogens (primary N) is 1. The Morgan fingerprint density at radius 2 is 1.89 bits per heavy atom. The number of amides is 1. The minimum absolute atomic E-state index is 0.0844. The van der Waals surface area contributed by atoms with Crippen molar-refractivity contribution in [3.63, 3.8) is 0 Å². The van der Waals surface area contributed by atoms with Gasteiger partial charge in [0.05, 0.1) is 49.1 Å². The summed E-state index contributed by atoms with van der Waals surface area (Å²) in [6, 6.07) is 11.1. The average molecular weight is 535 g/mol. The summed E-state index contributed by atoms with van der Waals surface area (Å²) < 4.78 is 25.1. The predicted molar refractivity (Wildman–Crippen MR) is 139 cm³/mol. The molecule has 1 amide bonds. The molecule has 3 heterocycles. The normalized spacial score (nSPS) is 14.8. The Kier molecular flexibility index (Phi) is 6.81. The number of benzene rings is 2. The summed E-state index contributed by atoms with van der Waals surface area (Å²) in [4.78, 5) is 33.0. The summed E-state index contributed by atoms with van der Waals surface area (Å²) in [5.74, 6) is -0.298. The van der Waals surface area contributed by atoms with Crippen LogP contribution in [-0.4, -0.2) is 45.0 Å². The molecule has 0 radical (unpaired) electrons. The molecule has 194 valence electrons. The number of carbonyl (C=O) groups is 1. The molecule has 2 aromatic carbocycles. The van der Waals surface area contributed by atoms with Crippen LogP contribution in [0.1, 0.15) is 38.9 Å². The number of anilines is 1. The molecule has 4 aromatic rings. The maximum Gasteiger partial charge on any atom is 0.278 e. The zero-order chi connectivity index (χ0) is 27.0. The van der Waals surface area contributed by atoms with Crippen molar-refractivity contribution < 1.29 is 18.7 Å². The molecule has 1 aliphatic heterocycles. The van der Waals surface area contributed by atoms with Crippen molar-refractivity contribution in [1.82, 2.24) is 24.8 Å². The number of aromatic nitrogens is 4. The number of nitrogen functional groups attached to an aromatic ring is 1. The highest BCUT2D eigenvalue weighted by Crippen LogP contribution is 2.40. The minimum Gasteiger partial charge on any atom is -0.477 e. The van der Waals surface area contributed by atoms with Crippen molar-refractivity contribution >= 4 is 23.5 Å². The molecule has 11 heteroatoms. The van der Waals surface area contributed by atoms with Crippen LogP contribution in [0.15, 0.2) is 48.7 Å². The van der Waals surface area contributed by atoms with Gasteiger partial charge in [-0.1, -0.05) is 29.8 Å². The first-order valence-corrected chi connectivity index (χ1v) is 12.1. The number of fused-ring (bicyclic) bond motifs is 1. The fourth-order valence-corrected chi connectivity index (χ4v) is 4.97. The third-order valence-electron chi connectivity index (χ3n) is 6.41. The summed E-state index contributed by atoms with van der Waals surface area (Å²) in [5.41, 5.74) is 9.67. The third-order valence-corrected chi connectivity index (χ3v) is 6.64. The molecule has 0 saturated carbocycles. The van der Waals surface area contributed by atoms with E-state index in [2.05, 4.69) is 19.9 Å². The predicted octanol–water partition coefficient (Wildman–Crippen LogP) is 4.57. The van der Waals surface area contributed by atoms with E-state index in [1.165, 1.54) is 32.5 Å².